The van der Waals surface area contributed by atoms with Crippen molar-refractivity contribution in [3.8, 4) is 5.75 Å². The molecule has 5 rings (SSSR count). The average molecular weight is 765 g/mol. The van der Waals surface area contributed by atoms with Crippen LogP contribution in [0, 0.1) is 6.07 Å². The summed E-state index contributed by atoms with van der Waals surface area (Å²) in [6.07, 6.45) is 15.1. The summed E-state index contributed by atoms with van der Waals surface area (Å²) >= 11 is -2.79. The minimum Gasteiger partial charge on any atom is -0.409 e. The molecule has 0 amide bonds. The van der Waals surface area contributed by atoms with Gasteiger partial charge in [0.25, 0.3) is 0 Å². The second kappa shape index (κ2) is 17.5. The molecule has 2 saturated carbocycles. The van der Waals surface area contributed by atoms with Crippen molar-refractivity contribution in [2.45, 2.75) is 95.3 Å². The molecule has 0 heterocycles. The quantitative estimate of drug-likeness (QED) is 0.108. The van der Waals surface area contributed by atoms with E-state index in [0.29, 0.717) is 5.92 Å². The molecule has 2 fully saturated rings. The van der Waals surface area contributed by atoms with Crippen LogP contribution >= 0.6 is 7.92 Å². The fourth-order valence-electron chi connectivity index (χ4n) is 6.17. The number of hydrogen-bond acceptors (Lipinski definition) is 3. The molecular formula is C33H43AuFNO2PS+. The summed E-state index contributed by atoms with van der Waals surface area (Å²) in [6, 6.07) is 26.3. The van der Waals surface area contributed by atoms with E-state index in [1.54, 1.807) is 29.8 Å². The molecule has 1 N–H and O–H groups in total. The SMILES string of the molecule is CC(C)c1ccccc1[PH+](C1CCCCC1)C1CCCCC1.O=S(F)Oc1ccc(Nc2c[c-]ccc2)cc1.[Au+]. The van der Waals surface area contributed by atoms with E-state index < -0.39 is 19.4 Å². The molecule has 3 aromatic rings. The molecule has 0 saturated heterocycles. The molecule has 0 aliphatic heterocycles. The van der Waals surface area contributed by atoms with Crippen LogP contribution in [0.3, 0.4) is 0 Å². The Balaban J connectivity index is 0.000000222. The van der Waals surface area contributed by atoms with Crippen LogP contribution in [-0.4, -0.2) is 15.5 Å². The largest absolute Gasteiger partial charge is 1.00 e. The predicted octanol–water partition coefficient (Wildman–Crippen LogP) is 9.47. The maximum atomic E-state index is 12.1. The summed E-state index contributed by atoms with van der Waals surface area (Å²) in [6.45, 7) is 4.78. The van der Waals surface area contributed by atoms with Gasteiger partial charge in [-0.1, -0.05) is 54.5 Å². The van der Waals surface area contributed by atoms with Crippen LogP contribution < -0.4 is 14.8 Å². The summed E-state index contributed by atoms with van der Waals surface area (Å²) in [7, 11) is -0.398. The fourth-order valence-corrected chi connectivity index (χ4v) is 11.0. The minimum atomic E-state index is -2.79. The smallest absolute Gasteiger partial charge is 0.409 e. The number of rotatable bonds is 8. The normalized spacial score (nSPS) is 16.9. The molecule has 3 aromatic carbocycles. The third-order valence-corrected chi connectivity index (χ3v) is 12.3. The summed E-state index contributed by atoms with van der Waals surface area (Å²) < 4.78 is 26.6. The molecule has 220 valence electrons. The topological polar surface area (TPSA) is 38.3 Å². The van der Waals surface area contributed by atoms with Crippen LogP contribution in [-0.2, 0) is 33.8 Å². The molecule has 7 heteroatoms. The fraction of sp³-hybridized carbons (Fsp3) is 0.455. The number of halogens is 1. The van der Waals surface area contributed by atoms with Crippen molar-refractivity contribution in [3.05, 3.63) is 84.4 Å². The Hall–Kier alpha value is -1.49. The molecule has 1 atom stereocenters. The monoisotopic (exact) mass is 764 g/mol. The van der Waals surface area contributed by atoms with Gasteiger partial charge in [-0.15, -0.1) is 6.07 Å². The van der Waals surface area contributed by atoms with Gasteiger partial charge in [-0.3, -0.25) is 0 Å². The Labute approximate surface area is 260 Å². The van der Waals surface area contributed by atoms with Crippen molar-refractivity contribution in [1.29, 1.82) is 0 Å². The number of nitrogens with one attached hydrogen (secondary N) is 1. The molecule has 2 aliphatic rings. The number of benzene rings is 3. The van der Waals surface area contributed by atoms with Crippen molar-refractivity contribution in [2.24, 2.45) is 0 Å². The Morgan fingerprint density at radius 3 is 1.98 bits per heavy atom. The van der Waals surface area contributed by atoms with Gasteiger partial charge >= 0.3 is 33.8 Å². The van der Waals surface area contributed by atoms with Gasteiger partial charge in [-0.25, -0.2) is 0 Å². The Kier molecular flexibility index (Phi) is 14.4. The van der Waals surface area contributed by atoms with Gasteiger partial charge in [0, 0.05) is 13.6 Å². The van der Waals surface area contributed by atoms with Gasteiger partial charge in [0.1, 0.15) is 5.75 Å². The Morgan fingerprint density at radius 1 is 0.850 bits per heavy atom. The number of hydrogen-bond donors (Lipinski definition) is 1. The first kappa shape index (κ1) is 33.0. The van der Waals surface area contributed by atoms with Gasteiger partial charge in [0.05, 0.1) is 16.6 Å². The van der Waals surface area contributed by atoms with Crippen molar-refractivity contribution < 1.29 is 34.7 Å². The zero-order valence-corrected chi connectivity index (χ0v) is 27.6. The van der Waals surface area contributed by atoms with E-state index in [1.165, 1.54) is 76.3 Å². The van der Waals surface area contributed by atoms with Crippen LogP contribution in [0.25, 0.3) is 0 Å². The van der Waals surface area contributed by atoms with Gasteiger partial charge in [0.15, 0.2) is 0 Å². The first-order valence-electron chi connectivity index (χ1n) is 14.6. The maximum absolute atomic E-state index is 12.1. The Bertz CT molecular complexity index is 1130. The molecule has 0 bridgehead atoms. The zero-order valence-electron chi connectivity index (χ0n) is 23.6. The van der Waals surface area contributed by atoms with Crippen LogP contribution in [0.4, 0.5) is 15.3 Å². The van der Waals surface area contributed by atoms with E-state index in [2.05, 4.69) is 53.7 Å². The summed E-state index contributed by atoms with van der Waals surface area (Å²) in [5.41, 5.74) is 5.51. The predicted molar refractivity (Wildman–Crippen MR) is 167 cm³/mol. The molecule has 2 aliphatic carbocycles. The van der Waals surface area contributed by atoms with Crippen molar-refractivity contribution in [3.63, 3.8) is 0 Å². The summed E-state index contributed by atoms with van der Waals surface area (Å²) in [4.78, 5) is 0. The van der Waals surface area contributed by atoms with E-state index in [9.17, 15) is 8.09 Å². The summed E-state index contributed by atoms with van der Waals surface area (Å²) in [5, 5.41) is 4.95. The molecule has 3 nitrogen and oxygen atoms in total. The van der Waals surface area contributed by atoms with Crippen LogP contribution in [0.2, 0.25) is 0 Å². The molecule has 40 heavy (non-hydrogen) atoms. The van der Waals surface area contributed by atoms with Crippen molar-refractivity contribution in [2.75, 3.05) is 5.32 Å². The standard InChI is InChI=1S/C21H33P.C12H9FNO2S.Au/c1-17(2)20-15-9-10-16-21(20)22(18-11-5-3-6-12-18)19-13-7-4-8-14-19;13-17(15)16-12-8-6-11(7-9-12)14-10-4-2-1-3-5-10;/h9-10,15-19H,3-8,11-14H2,1-2H3;1-2,4-9,14H;/q;-1;+1/p+1. The van der Waals surface area contributed by atoms with Crippen molar-refractivity contribution >= 4 is 36.1 Å². The summed E-state index contributed by atoms with van der Waals surface area (Å²) in [5.74, 6) is 0.902. The first-order valence-corrected chi connectivity index (χ1v) is 17.2. The second-order valence-electron chi connectivity index (χ2n) is 11.1. The van der Waals surface area contributed by atoms with Crippen LogP contribution in [0.5, 0.6) is 5.75 Å². The van der Waals surface area contributed by atoms with Gasteiger partial charge in [-0.05, 0) is 93.2 Å². The average Bonchev–Trinajstić information content (AvgIpc) is 2.96. The molecule has 1 unspecified atom stereocenters. The maximum Gasteiger partial charge on any atom is 1.00 e. The number of anilines is 2. The van der Waals surface area contributed by atoms with E-state index in [0.717, 1.165) is 22.7 Å². The van der Waals surface area contributed by atoms with Crippen molar-refractivity contribution in [1.82, 2.24) is 0 Å². The van der Waals surface area contributed by atoms with E-state index in [-0.39, 0.29) is 28.1 Å². The van der Waals surface area contributed by atoms with Gasteiger partial charge in [-0.2, -0.15) is 28.5 Å². The van der Waals surface area contributed by atoms with Gasteiger partial charge in [0.2, 0.25) is 0 Å². The molecule has 0 aromatic heterocycles. The molecular weight excluding hydrogens is 721 g/mol. The van der Waals surface area contributed by atoms with Crippen LogP contribution in [0.15, 0.2) is 72.8 Å². The van der Waals surface area contributed by atoms with E-state index >= 15 is 0 Å². The second-order valence-corrected chi connectivity index (χ2v) is 14.7. The first-order chi connectivity index (χ1) is 19.0. The molecule has 0 radical (unpaired) electrons. The van der Waals surface area contributed by atoms with E-state index in [1.807, 2.05) is 17.4 Å². The third-order valence-electron chi connectivity index (χ3n) is 8.00. The zero-order chi connectivity index (χ0) is 27.5. The van der Waals surface area contributed by atoms with Gasteiger partial charge < -0.3 is 9.50 Å². The molecule has 0 spiro atoms. The van der Waals surface area contributed by atoms with Crippen LogP contribution in [0.1, 0.15) is 89.5 Å². The third kappa shape index (κ3) is 10.1. The Morgan fingerprint density at radius 2 is 1.45 bits per heavy atom. The minimum absolute atomic E-state index is 0. The van der Waals surface area contributed by atoms with E-state index in [4.69, 9.17) is 0 Å².